The Labute approximate surface area is 148 Å². The predicted molar refractivity (Wildman–Crippen MR) is 91.2 cm³/mol. The van der Waals surface area contributed by atoms with Gasteiger partial charge in [-0.2, -0.15) is 0 Å². The van der Waals surface area contributed by atoms with Gasteiger partial charge in [-0.1, -0.05) is 6.07 Å². The fourth-order valence-electron chi connectivity index (χ4n) is 2.80. The van der Waals surface area contributed by atoms with Crippen molar-refractivity contribution in [1.82, 2.24) is 4.90 Å². The topological polar surface area (TPSA) is 38.8 Å². The van der Waals surface area contributed by atoms with Crippen LogP contribution in [0.15, 0.2) is 18.2 Å². The number of carbonyl (C=O) groups excluding carboxylic acids is 1. The molecule has 0 N–H and O–H groups in total. The summed E-state index contributed by atoms with van der Waals surface area (Å²) in [6.07, 6.45) is 2.49. The standard InChI is InChI=1S/C19H27F2NO3/c1-19(2,3)25-18(23)22-9-6-14(7-10-22)8-11-24-13-15-4-5-16(20)17(21)12-15/h4-5,12,14H,6-11,13H2,1-3H3. The summed E-state index contributed by atoms with van der Waals surface area (Å²) in [7, 11) is 0. The van der Waals surface area contributed by atoms with Gasteiger partial charge in [-0.25, -0.2) is 13.6 Å². The van der Waals surface area contributed by atoms with E-state index in [0.29, 0.717) is 31.2 Å². The molecule has 1 aromatic rings. The van der Waals surface area contributed by atoms with Crippen molar-refractivity contribution in [2.75, 3.05) is 19.7 Å². The maximum Gasteiger partial charge on any atom is 0.410 e. The lowest BCUT2D eigenvalue weighted by Crippen LogP contribution is -2.41. The number of hydrogen-bond donors (Lipinski definition) is 0. The van der Waals surface area contributed by atoms with Crippen molar-refractivity contribution in [2.24, 2.45) is 5.92 Å². The number of hydrogen-bond acceptors (Lipinski definition) is 3. The predicted octanol–water partition coefficient (Wildman–Crippen LogP) is 4.52. The summed E-state index contributed by atoms with van der Waals surface area (Å²) < 4.78 is 36.9. The highest BCUT2D eigenvalue weighted by Gasteiger charge is 2.26. The van der Waals surface area contributed by atoms with Crippen LogP contribution in [0.5, 0.6) is 0 Å². The molecule has 0 unspecified atom stereocenters. The highest BCUT2D eigenvalue weighted by Crippen LogP contribution is 2.22. The molecule has 1 heterocycles. The summed E-state index contributed by atoms with van der Waals surface area (Å²) in [5, 5.41) is 0. The van der Waals surface area contributed by atoms with E-state index in [2.05, 4.69) is 0 Å². The van der Waals surface area contributed by atoms with Crippen LogP contribution in [0, 0.1) is 17.6 Å². The van der Waals surface area contributed by atoms with E-state index in [4.69, 9.17) is 9.47 Å². The molecular weight excluding hydrogens is 328 g/mol. The fourth-order valence-corrected chi connectivity index (χ4v) is 2.80. The second-order valence-corrected chi connectivity index (χ2v) is 7.50. The van der Waals surface area contributed by atoms with Gasteiger partial charge in [0, 0.05) is 19.7 Å². The van der Waals surface area contributed by atoms with Gasteiger partial charge in [-0.05, 0) is 63.6 Å². The zero-order valence-corrected chi connectivity index (χ0v) is 15.2. The molecule has 0 radical (unpaired) electrons. The molecule has 0 atom stereocenters. The number of nitrogens with zero attached hydrogens (tertiary/aromatic N) is 1. The van der Waals surface area contributed by atoms with E-state index in [9.17, 15) is 13.6 Å². The van der Waals surface area contributed by atoms with Gasteiger partial charge in [0.2, 0.25) is 0 Å². The molecule has 2 rings (SSSR count). The number of amides is 1. The monoisotopic (exact) mass is 355 g/mol. The second kappa shape index (κ2) is 8.61. The highest BCUT2D eigenvalue weighted by molar-refractivity contribution is 5.68. The van der Waals surface area contributed by atoms with Crippen molar-refractivity contribution in [1.29, 1.82) is 0 Å². The molecule has 0 spiro atoms. The zero-order chi connectivity index (χ0) is 18.4. The minimum Gasteiger partial charge on any atom is -0.444 e. The van der Waals surface area contributed by atoms with Crippen LogP contribution < -0.4 is 0 Å². The number of likely N-dealkylation sites (tertiary alicyclic amines) is 1. The van der Waals surface area contributed by atoms with Crippen LogP contribution in [0.4, 0.5) is 13.6 Å². The second-order valence-electron chi connectivity index (χ2n) is 7.50. The van der Waals surface area contributed by atoms with Crippen LogP contribution in [0.1, 0.15) is 45.6 Å². The van der Waals surface area contributed by atoms with Crippen LogP contribution in [-0.2, 0) is 16.1 Å². The van der Waals surface area contributed by atoms with E-state index in [1.54, 1.807) is 4.90 Å². The first-order valence-electron chi connectivity index (χ1n) is 8.74. The first-order valence-corrected chi connectivity index (χ1v) is 8.74. The Bertz CT molecular complexity index is 579. The Morgan fingerprint density at radius 3 is 2.48 bits per heavy atom. The van der Waals surface area contributed by atoms with Crippen molar-refractivity contribution >= 4 is 6.09 Å². The minimum absolute atomic E-state index is 0.250. The van der Waals surface area contributed by atoms with Crippen LogP contribution >= 0.6 is 0 Å². The summed E-state index contributed by atoms with van der Waals surface area (Å²) in [4.78, 5) is 13.8. The van der Waals surface area contributed by atoms with Crippen molar-refractivity contribution in [3.05, 3.63) is 35.4 Å². The molecule has 0 saturated carbocycles. The smallest absolute Gasteiger partial charge is 0.410 e. The number of halogens is 2. The van der Waals surface area contributed by atoms with Crippen molar-refractivity contribution < 1.29 is 23.0 Å². The molecule has 1 aliphatic heterocycles. The molecule has 0 aromatic heterocycles. The largest absolute Gasteiger partial charge is 0.444 e. The summed E-state index contributed by atoms with van der Waals surface area (Å²) >= 11 is 0. The van der Waals surface area contributed by atoms with Gasteiger partial charge in [0.25, 0.3) is 0 Å². The number of carbonyl (C=O) groups is 1. The lowest BCUT2D eigenvalue weighted by atomic mass is 9.94. The molecule has 4 nitrogen and oxygen atoms in total. The Morgan fingerprint density at radius 2 is 1.88 bits per heavy atom. The van der Waals surface area contributed by atoms with Crippen molar-refractivity contribution in [2.45, 2.75) is 52.2 Å². The number of piperidine rings is 1. The summed E-state index contributed by atoms with van der Waals surface area (Å²) in [6.45, 7) is 7.82. The van der Waals surface area contributed by atoms with Crippen LogP contribution in [0.2, 0.25) is 0 Å². The maximum atomic E-state index is 13.1. The molecule has 25 heavy (non-hydrogen) atoms. The van der Waals surface area contributed by atoms with Crippen LogP contribution in [0.25, 0.3) is 0 Å². The van der Waals surface area contributed by atoms with Crippen molar-refractivity contribution in [3.8, 4) is 0 Å². The molecule has 1 aliphatic rings. The molecule has 0 bridgehead atoms. The normalized spacial score (nSPS) is 16.1. The number of rotatable bonds is 5. The Balaban J connectivity index is 1.64. The third kappa shape index (κ3) is 6.61. The molecule has 140 valence electrons. The van der Waals surface area contributed by atoms with E-state index in [0.717, 1.165) is 31.4 Å². The highest BCUT2D eigenvalue weighted by atomic mass is 19.2. The summed E-state index contributed by atoms with van der Waals surface area (Å²) in [6, 6.07) is 3.80. The van der Waals surface area contributed by atoms with Gasteiger partial charge in [-0.3, -0.25) is 0 Å². The van der Waals surface area contributed by atoms with Gasteiger partial charge >= 0.3 is 6.09 Å². The third-order valence-corrected chi connectivity index (χ3v) is 4.19. The van der Waals surface area contributed by atoms with Gasteiger partial charge in [0.05, 0.1) is 6.61 Å². The summed E-state index contributed by atoms with van der Waals surface area (Å²) in [5.74, 6) is -1.19. The lowest BCUT2D eigenvalue weighted by molar-refractivity contribution is 0.0164. The molecule has 6 heteroatoms. The van der Waals surface area contributed by atoms with Gasteiger partial charge < -0.3 is 14.4 Å². The Kier molecular flexibility index (Phi) is 6.76. The van der Waals surface area contributed by atoms with E-state index < -0.39 is 17.2 Å². The third-order valence-electron chi connectivity index (χ3n) is 4.19. The van der Waals surface area contributed by atoms with Gasteiger partial charge in [-0.15, -0.1) is 0 Å². The minimum atomic E-state index is -0.851. The van der Waals surface area contributed by atoms with Crippen LogP contribution in [0.3, 0.4) is 0 Å². The van der Waals surface area contributed by atoms with E-state index in [-0.39, 0.29) is 12.7 Å². The molecule has 1 aromatic carbocycles. The molecule has 1 amide bonds. The zero-order valence-electron chi connectivity index (χ0n) is 15.2. The first-order chi connectivity index (χ1) is 11.7. The van der Waals surface area contributed by atoms with Crippen LogP contribution in [-0.4, -0.2) is 36.3 Å². The van der Waals surface area contributed by atoms with E-state index in [1.165, 1.54) is 6.07 Å². The molecule has 1 fully saturated rings. The quantitative estimate of drug-likeness (QED) is 0.729. The van der Waals surface area contributed by atoms with E-state index >= 15 is 0 Å². The molecular formula is C19H27F2NO3. The maximum absolute atomic E-state index is 13.1. The number of ether oxygens (including phenoxy) is 2. The average molecular weight is 355 g/mol. The molecule has 1 saturated heterocycles. The van der Waals surface area contributed by atoms with Gasteiger partial charge in [0.15, 0.2) is 11.6 Å². The Morgan fingerprint density at radius 1 is 1.20 bits per heavy atom. The fraction of sp³-hybridized carbons (Fsp3) is 0.632. The Hall–Kier alpha value is -1.69. The van der Waals surface area contributed by atoms with Gasteiger partial charge in [0.1, 0.15) is 5.60 Å². The summed E-state index contributed by atoms with van der Waals surface area (Å²) in [5.41, 5.74) is 0.153. The van der Waals surface area contributed by atoms with E-state index in [1.807, 2.05) is 20.8 Å². The SMILES string of the molecule is CC(C)(C)OC(=O)N1CCC(CCOCc2ccc(F)c(F)c2)CC1. The molecule has 0 aliphatic carbocycles. The van der Waals surface area contributed by atoms with Crippen molar-refractivity contribution in [3.63, 3.8) is 0 Å². The lowest BCUT2D eigenvalue weighted by Gasteiger charge is -2.33. The first kappa shape index (κ1) is 19.6. The number of benzene rings is 1. The average Bonchev–Trinajstić information content (AvgIpc) is 2.54.